The molecule has 0 bridgehead atoms. The lowest BCUT2D eigenvalue weighted by atomic mass is 10.1. The van der Waals surface area contributed by atoms with Crippen molar-refractivity contribution in [1.82, 2.24) is 15.2 Å². The number of aromatic amines is 1. The summed E-state index contributed by atoms with van der Waals surface area (Å²) in [7, 11) is 0. The number of nitrogens with one attached hydrogen (secondary N) is 3. The molecule has 0 atom stereocenters. The number of hydrogen-bond acceptors (Lipinski definition) is 4. The van der Waals surface area contributed by atoms with E-state index in [0.717, 1.165) is 58.0 Å². The molecule has 3 N–H and O–H groups in total. The first-order valence-electron chi connectivity index (χ1n) is 10.5. The van der Waals surface area contributed by atoms with E-state index in [1.807, 2.05) is 24.3 Å². The molecule has 2 aliphatic rings. The molecule has 0 spiro atoms. The van der Waals surface area contributed by atoms with E-state index in [-0.39, 0.29) is 11.5 Å². The highest BCUT2D eigenvalue weighted by Gasteiger charge is 2.22. The summed E-state index contributed by atoms with van der Waals surface area (Å²) in [5.74, 6) is -0.0316. The van der Waals surface area contributed by atoms with Gasteiger partial charge in [0.25, 0.3) is 5.56 Å². The molecule has 1 aliphatic heterocycles. The monoisotopic (exact) mass is 390 g/mol. The lowest BCUT2D eigenvalue weighted by molar-refractivity contribution is -0.115. The fraction of sp³-hybridized carbons (Fsp3) is 0.391. The Morgan fingerprint density at radius 2 is 1.93 bits per heavy atom. The third kappa shape index (κ3) is 3.43. The van der Waals surface area contributed by atoms with Crippen LogP contribution in [0, 0.1) is 0 Å². The number of amides is 1. The number of H-pyrrole nitrogens is 1. The second kappa shape index (κ2) is 7.61. The Labute approximate surface area is 169 Å². The molecule has 3 aromatic rings. The van der Waals surface area contributed by atoms with Crippen molar-refractivity contribution in [3.8, 4) is 0 Å². The van der Waals surface area contributed by atoms with E-state index in [4.69, 9.17) is 0 Å². The van der Waals surface area contributed by atoms with Crippen LogP contribution in [0.1, 0.15) is 30.4 Å². The van der Waals surface area contributed by atoms with Crippen LogP contribution < -0.4 is 16.2 Å². The van der Waals surface area contributed by atoms with Crippen molar-refractivity contribution in [3.05, 3.63) is 51.8 Å². The molecule has 5 rings (SSSR count). The zero-order chi connectivity index (χ0) is 19.8. The van der Waals surface area contributed by atoms with Crippen LogP contribution in [0.5, 0.6) is 0 Å². The van der Waals surface area contributed by atoms with Gasteiger partial charge in [-0.2, -0.15) is 0 Å². The van der Waals surface area contributed by atoms with Crippen molar-refractivity contribution < 1.29 is 4.79 Å². The van der Waals surface area contributed by atoms with Crippen LogP contribution in [0.4, 0.5) is 5.69 Å². The Kier molecular flexibility index (Phi) is 4.81. The van der Waals surface area contributed by atoms with Crippen LogP contribution in [0.3, 0.4) is 0 Å². The molecule has 1 aromatic heterocycles. The van der Waals surface area contributed by atoms with E-state index in [1.54, 1.807) is 0 Å². The minimum atomic E-state index is -0.0584. The number of likely N-dealkylation sites (tertiary alicyclic amines) is 1. The zero-order valence-corrected chi connectivity index (χ0v) is 16.5. The number of rotatable bonds is 6. The summed E-state index contributed by atoms with van der Waals surface area (Å²) in [5.41, 5.74) is 3.85. The van der Waals surface area contributed by atoms with Gasteiger partial charge in [-0.25, -0.2) is 0 Å². The Morgan fingerprint density at radius 3 is 2.79 bits per heavy atom. The minimum absolute atomic E-state index is 0.0316. The lowest BCUT2D eigenvalue weighted by Crippen LogP contribution is -2.38. The predicted molar refractivity (Wildman–Crippen MR) is 117 cm³/mol. The van der Waals surface area contributed by atoms with Crippen LogP contribution in [0.15, 0.2) is 35.1 Å². The highest BCUT2D eigenvalue weighted by Crippen LogP contribution is 2.39. The van der Waals surface area contributed by atoms with Crippen LogP contribution in [0.25, 0.3) is 21.7 Å². The van der Waals surface area contributed by atoms with Crippen molar-refractivity contribution in [2.75, 3.05) is 38.0 Å². The first kappa shape index (κ1) is 18.3. The number of aromatic nitrogens is 1. The molecule has 1 aliphatic carbocycles. The molecule has 0 radical (unpaired) electrons. The third-order valence-corrected chi connectivity index (χ3v) is 6.19. The summed E-state index contributed by atoms with van der Waals surface area (Å²) in [6.07, 6.45) is 4.64. The Bertz CT molecular complexity index is 1150. The van der Waals surface area contributed by atoms with E-state index in [9.17, 15) is 9.59 Å². The van der Waals surface area contributed by atoms with E-state index in [1.165, 1.54) is 32.4 Å². The number of hydrogen-bond donors (Lipinski definition) is 3. The van der Waals surface area contributed by atoms with Crippen molar-refractivity contribution in [2.24, 2.45) is 0 Å². The summed E-state index contributed by atoms with van der Waals surface area (Å²) >= 11 is 0. The molecule has 1 amide bonds. The van der Waals surface area contributed by atoms with Crippen LogP contribution in [0.2, 0.25) is 0 Å². The maximum Gasteiger partial charge on any atom is 0.256 e. The fourth-order valence-corrected chi connectivity index (χ4v) is 4.77. The molecular weight excluding hydrogens is 364 g/mol. The van der Waals surface area contributed by atoms with Crippen molar-refractivity contribution in [1.29, 1.82) is 0 Å². The number of carbonyl (C=O) groups is 1. The molecule has 6 heteroatoms. The predicted octanol–water partition coefficient (Wildman–Crippen LogP) is 2.60. The summed E-state index contributed by atoms with van der Waals surface area (Å²) in [5, 5.41) is 9.14. The van der Waals surface area contributed by atoms with E-state index < -0.39 is 0 Å². The van der Waals surface area contributed by atoms with Gasteiger partial charge in [-0.1, -0.05) is 18.6 Å². The third-order valence-electron chi connectivity index (χ3n) is 6.19. The van der Waals surface area contributed by atoms with Crippen LogP contribution in [-0.4, -0.2) is 48.5 Å². The maximum absolute atomic E-state index is 12.5. The zero-order valence-electron chi connectivity index (χ0n) is 16.5. The summed E-state index contributed by atoms with van der Waals surface area (Å²) < 4.78 is 0. The van der Waals surface area contributed by atoms with Crippen molar-refractivity contribution in [2.45, 2.75) is 25.7 Å². The average Bonchev–Trinajstić information content (AvgIpc) is 3.14. The maximum atomic E-state index is 12.5. The number of piperidine rings is 1. The first-order chi connectivity index (χ1) is 14.2. The largest absolute Gasteiger partial charge is 0.325 e. The molecule has 150 valence electrons. The Hall–Kier alpha value is -2.70. The number of nitrogens with zero attached hydrogens (tertiary/aromatic N) is 1. The van der Waals surface area contributed by atoms with E-state index in [0.29, 0.717) is 6.54 Å². The molecule has 0 unspecified atom stereocenters. The smallest absolute Gasteiger partial charge is 0.256 e. The van der Waals surface area contributed by atoms with Crippen LogP contribution in [-0.2, 0) is 11.2 Å². The van der Waals surface area contributed by atoms with Crippen molar-refractivity contribution >= 4 is 33.3 Å². The van der Waals surface area contributed by atoms with Gasteiger partial charge in [0.15, 0.2) is 0 Å². The number of benzene rings is 2. The second-order valence-electron chi connectivity index (χ2n) is 8.11. The first-order valence-corrected chi connectivity index (χ1v) is 10.5. The molecule has 1 fully saturated rings. The summed E-state index contributed by atoms with van der Waals surface area (Å²) in [6.45, 7) is 4.47. The number of anilines is 1. The fourth-order valence-electron chi connectivity index (χ4n) is 4.77. The molecule has 2 heterocycles. The van der Waals surface area contributed by atoms with Gasteiger partial charge in [0.1, 0.15) is 0 Å². The Morgan fingerprint density at radius 1 is 1.07 bits per heavy atom. The second-order valence-corrected chi connectivity index (χ2v) is 8.11. The lowest BCUT2D eigenvalue weighted by Gasteiger charge is -2.26. The summed E-state index contributed by atoms with van der Waals surface area (Å²) in [4.78, 5) is 30.3. The summed E-state index contributed by atoms with van der Waals surface area (Å²) in [6, 6.07) is 9.64. The SMILES string of the molecule is O=C(CNCCN1CCCCC1)Nc1ccc2[nH]c(=O)c3cccc4c3c2c1C4. The highest BCUT2D eigenvalue weighted by atomic mass is 16.2. The number of pyridine rings is 1. The Balaban J connectivity index is 1.28. The van der Waals surface area contributed by atoms with Crippen LogP contribution >= 0.6 is 0 Å². The van der Waals surface area contributed by atoms with Gasteiger partial charge in [-0.3, -0.25) is 9.59 Å². The molecule has 1 saturated heterocycles. The van der Waals surface area contributed by atoms with Gasteiger partial charge in [0.2, 0.25) is 5.91 Å². The van der Waals surface area contributed by atoms with Gasteiger partial charge < -0.3 is 20.5 Å². The standard InChI is InChI=1S/C23H26N4O2/c28-20(14-24-9-12-27-10-2-1-3-11-27)25-18-7-8-19-22-17(18)13-15-5-4-6-16(21(15)22)23(29)26-19/h4-8,24H,1-3,9-14H2,(H,25,28)(H,26,29). The molecule has 0 saturated carbocycles. The van der Waals surface area contributed by atoms with E-state index in [2.05, 4.69) is 26.6 Å². The molecule has 2 aromatic carbocycles. The average molecular weight is 390 g/mol. The molecule has 29 heavy (non-hydrogen) atoms. The molecular formula is C23H26N4O2. The van der Waals surface area contributed by atoms with Gasteiger partial charge in [0.05, 0.1) is 6.54 Å². The van der Waals surface area contributed by atoms with Gasteiger partial charge in [-0.05, 0) is 55.3 Å². The quantitative estimate of drug-likeness (QED) is 0.349. The minimum Gasteiger partial charge on any atom is -0.325 e. The number of carbonyl (C=O) groups excluding carboxylic acids is 1. The van der Waals surface area contributed by atoms with E-state index >= 15 is 0 Å². The van der Waals surface area contributed by atoms with Gasteiger partial charge in [0, 0.05) is 46.9 Å². The highest BCUT2D eigenvalue weighted by molar-refractivity contribution is 6.14. The normalized spacial score (nSPS) is 16.1. The topological polar surface area (TPSA) is 77.2 Å². The van der Waals surface area contributed by atoms with Crippen molar-refractivity contribution in [3.63, 3.8) is 0 Å². The van der Waals surface area contributed by atoms with Gasteiger partial charge >= 0.3 is 0 Å². The van der Waals surface area contributed by atoms with Gasteiger partial charge in [-0.15, -0.1) is 0 Å². The molecule has 6 nitrogen and oxygen atoms in total.